The molecule has 0 aromatic carbocycles. The zero-order chi connectivity index (χ0) is 18.1. The lowest BCUT2D eigenvalue weighted by atomic mass is 9.78. The summed E-state index contributed by atoms with van der Waals surface area (Å²) >= 11 is 0. The number of rotatable bonds is 2. The van der Waals surface area contributed by atoms with E-state index >= 15 is 0 Å². The van der Waals surface area contributed by atoms with Gasteiger partial charge in [-0.15, -0.1) is 0 Å². The summed E-state index contributed by atoms with van der Waals surface area (Å²) < 4.78 is 0. The Morgan fingerprint density at radius 1 is 1.35 bits per heavy atom. The average Bonchev–Trinajstić information content (AvgIpc) is 3.18. The van der Waals surface area contributed by atoms with Crippen molar-refractivity contribution in [1.29, 1.82) is 5.26 Å². The molecule has 0 radical (unpaired) electrons. The van der Waals surface area contributed by atoms with Gasteiger partial charge in [-0.05, 0) is 25.0 Å². The van der Waals surface area contributed by atoms with Crippen LogP contribution in [0.25, 0.3) is 0 Å². The van der Waals surface area contributed by atoms with Crippen LogP contribution in [0.5, 0.6) is 0 Å². The molecule has 26 heavy (non-hydrogen) atoms. The molecule has 2 aromatic rings. The van der Waals surface area contributed by atoms with Crippen LogP contribution in [0.15, 0.2) is 24.7 Å². The van der Waals surface area contributed by atoms with Gasteiger partial charge in [0.2, 0.25) is 5.91 Å². The molecule has 4 rings (SSSR count). The number of anilines is 1. The Bertz CT molecular complexity index is 859. The zero-order valence-corrected chi connectivity index (χ0v) is 14.9. The molecular formula is C19H22N6O. The third-order valence-electron chi connectivity index (χ3n) is 5.65. The molecule has 7 nitrogen and oxygen atoms in total. The number of carbonyl (C=O) groups excluding carboxylic acids is 1. The van der Waals surface area contributed by atoms with E-state index in [0.717, 1.165) is 56.1 Å². The Hall–Kier alpha value is -2.88. The van der Waals surface area contributed by atoms with Crippen LogP contribution in [0.3, 0.4) is 0 Å². The molecular weight excluding hydrogens is 328 g/mol. The van der Waals surface area contributed by atoms with Crippen LogP contribution >= 0.6 is 0 Å². The van der Waals surface area contributed by atoms with Gasteiger partial charge in [-0.2, -0.15) is 5.26 Å². The number of nitrogens with zero attached hydrogens (tertiary/aromatic N) is 5. The second-order valence-electron chi connectivity index (χ2n) is 6.91. The van der Waals surface area contributed by atoms with Gasteiger partial charge in [-0.1, -0.05) is 6.92 Å². The van der Waals surface area contributed by atoms with Crippen LogP contribution in [0.4, 0.5) is 5.82 Å². The van der Waals surface area contributed by atoms with E-state index in [9.17, 15) is 4.79 Å². The van der Waals surface area contributed by atoms with Gasteiger partial charge in [-0.3, -0.25) is 4.79 Å². The normalized spacial score (nSPS) is 18.5. The number of fused-ring (bicyclic) bond motifs is 2. The first kappa shape index (κ1) is 16.6. The fourth-order valence-electron chi connectivity index (χ4n) is 4.31. The number of piperidine rings is 1. The van der Waals surface area contributed by atoms with E-state index in [4.69, 9.17) is 5.26 Å². The van der Waals surface area contributed by atoms with Crippen molar-refractivity contribution in [3.8, 4) is 6.07 Å². The lowest BCUT2D eigenvalue weighted by molar-refractivity contribution is -0.140. The van der Waals surface area contributed by atoms with E-state index in [1.54, 1.807) is 18.6 Å². The maximum Gasteiger partial charge on any atom is 0.223 e. The molecule has 1 saturated heterocycles. The van der Waals surface area contributed by atoms with Gasteiger partial charge in [0.15, 0.2) is 0 Å². The first-order valence-electron chi connectivity index (χ1n) is 9.12. The fourth-order valence-corrected chi connectivity index (χ4v) is 4.31. The minimum atomic E-state index is -0.329. The molecule has 4 heterocycles. The first-order valence-corrected chi connectivity index (χ1v) is 9.12. The topological polar surface area (TPSA) is 88.9 Å². The predicted molar refractivity (Wildman–Crippen MR) is 96.4 cm³/mol. The molecule has 1 amide bonds. The Kier molecular flexibility index (Phi) is 4.11. The zero-order valence-electron chi connectivity index (χ0n) is 14.9. The standard InChI is InChI=1S/C19H22N6O/c1-2-17(26)25-8-4-15-18(23-13-22-15)19(25)5-9-24(10-6-19)16-11-14(12-20)3-7-21-16/h3,7,11,13H,2,4-6,8-10H2,1H3,(H,22,23). The molecule has 2 aromatic heterocycles. The quantitative estimate of drug-likeness (QED) is 0.894. The highest BCUT2D eigenvalue weighted by Crippen LogP contribution is 2.43. The van der Waals surface area contributed by atoms with E-state index in [2.05, 4.69) is 25.9 Å². The summed E-state index contributed by atoms with van der Waals surface area (Å²) in [6.45, 7) is 4.22. The molecule has 0 bridgehead atoms. The maximum absolute atomic E-state index is 12.6. The van der Waals surface area contributed by atoms with Gasteiger partial charge in [0.25, 0.3) is 0 Å². The number of nitriles is 1. The largest absolute Gasteiger partial charge is 0.356 e. The molecule has 1 N–H and O–H groups in total. The van der Waals surface area contributed by atoms with E-state index in [1.807, 2.05) is 17.9 Å². The van der Waals surface area contributed by atoms with Crippen molar-refractivity contribution in [3.05, 3.63) is 41.6 Å². The van der Waals surface area contributed by atoms with Gasteiger partial charge in [0.1, 0.15) is 5.82 Å². The van der Waals surface area contributed by atoms with Crippen LogP contribution in [-0.2, 0) is 16.8 Å². The van der Waals surface area contributed by atoms with Crippen molar-refractivity contribution in [2.45, 2.75) is 38.1 Å². The number of hydrogen-bond acceptors (Lipinski definition) is 5. The van der Waals surface area contributed by atoms with Crippen molar-refractivity contribution in [1.82, 2.24) is 19.9 Å². The summed E-state index contributed by atoms with van der Waals surface area (Å²) in [5.74, 6) is 1.02. The second-order valence-corrected chi connectivity index (χ2v) is 6.91. The number of H-pyrrole nitrogens is 1. The van der Waals surface area contributed by atoms with Crippen molar-refractivity contribution >= 4 is 11.7 Å². The lowest BCUT2D eigenvalue weighted by Gasteiger charge is -2.50. The van der Waals surface area contributed by atoms with Crippen LogP contribution in [-0.4, -0.2) is 45.4 Å². The third kappa shape index (κ3) is 2.53. The van der Waals surface area contributed by atoms with Gasteiger partial charge in [-0.25, -0.2) is 9.97 Å². The smallest absolute Gasteiger partial charge is 0.223 e. The molecule has 0 saturated carbocycles. The van der Waals surface area contributed by atoms with Gasteiger partial charge in [0, 0.05) is 44.4 Å². The number of nitrogens with one attached hydrogen (secondary N) is 1. The van der Waals surface area contributed by atoms with Crippen LogP contribution in [0.2, 0.25) is 0 Å². The summed E-state index contributed by atoms with van der Waals surface area (Å²) in [7, 11) is 0. The minimum Gasteiger partial charge on any atom is -0.356 e. The first-order chi connectivity index (χ1) is 12.7. The van der Waals surface area contributed by atoms with Gasteiger partial charge < -0.3 is 14.8 Å². The molecule has 7 heteroatoms. The highest BCUT2D eigenvalue weighted by Gasteiger charge is 2.48. The van der Waals surface area contributed by atoms with Crippen LogP contribution < -0.4 is 4.90 Å². The Labute approximate surface area is 152 Å². The fraction of sp³-hybridized carbons (Fsp3) is 0.474. The monoisotopic (exact) mass is 350 g/mol. The molecule has 2 aliphatic rings. The number of aromatic amines is 1. The van der Waals surface area contributed by atoms with Crippen molar-refractivity contribution in [2.75, 3.05) is 24.5 Å². The van der Waals surface area contributed by atoms with E-state index < -0.39 is 0 Å². The highest BCUT2D eigenvalue weighted by atomic mass is 16.2. The Balaban J connectivity index is 1.63. The average molecular weight is 350 g/mol. The van der Waals surface area contributed by atoms with Crippen LogP contribution in [0.1, 0.15) is 43.1 Å². The molecule has 134 valence electrons. The SMILES string of the molecule is CCC(=O)N1CCc2[nH]cnc2C12CCN(c1cc(C#N)ccn1)CC2. The Morgan fingerprint density at radius 3 is 2.88 bits per heavy atom. The maximum atomic E-state index is 12.6. The second kappa shape index (κ2) is 6.45. The molecule has 0 atom stereocenters. The highest BCUT2D eigenvalue weighted by molar-refractivity contribution is 5.77. The lowest BCUT2D eigenvalue weighted by Crippen LogP contribution is -2.58. The number of imidazole rings is 1. The van der Waals surface area contributed by atoms with E-state index in [1.165, 1.54) is 0 Å². The minimum absolute atomic E-state index is 0.191. The number of carbonyl (C=O) groups is 1. The van der Waals surface area contributed by atoms with E-state index in [-0.39, 0.29) is 11.4 Å². The summed E-state index contributed by atoms with van der Waals surface area (Å²) in [6.07, 6.45) is 6.40. The molecule has 0 unspecified atom stereocenters. The molecule has 0 aliphatic carbocycles. The molecule has 1 spiro atoms. The number of aromatic nitrogens is 3. The van der Waals surface area contributed by atoms with Crippen LogP contribution in [0, 0.1) is 11.3 Å². The third-order valence-corrected chi connectivity index (χ3v) is 5.65. The van der Waals surface area contributed by atoms with Crippen molar-refractivity contribution < 1.29 is 4.79 Å². The van der Waals surface area contributed by atoms with Crippen molar-refractivity contribution in [2.24, 2.45) is 0 Å². The number of hydrogen-bond donors (Lipinski definition) is 1. The predicted octanol–water partition coefficient (Wildman–Crippen LogP) is 1.97. The van der Waals surface area contributed by atoms with Gasteiger partial charge in [0.05, 0.1) is 29.2 Å². The number of amides is 1. The van der Waals surface area contributed by atoms with E-state index in [0.29, 0.717) is 12.0 Å². The molecule has 2 aliphatic heterocycles. The summed E-state index contributed by atoms with van der Waals surface area (Å²) in [5, 5.41) is 9.12. The number of pyridine rings is 1. The van der Waals surface area contributed by atoms with Crippen molar-refractivity contribution in [3.63, 3.8) is 0 Å². The molecule has 1 fully saturated rings. The summed E-state index contributed by atoms with van der Waals surface area (Å²) in [6, 6.07) is 5.71. The summed E-state index contributed by atoms with van der Waals surface area (Å²) in [4.78, 5) is 29.2. The summed E-state index contributed by atoms with van der Waals surface area (Å²) in [5.41, 5.74) is 2.47. The Morgan fingerprint density at radius 2 is 2.15 bits per heavy atom. The van der Waals surface area contributed by atoms with Gasteiger partial charge >= 0.3 is 0 Å².